The van der Waals surface area contributed by atoms with E-state index in [4.69, 9.17) is 4.74 Å². The van der Waals surface area contributed by atoms with Crippen LogP contribution in [0.2, 0.25) is 0 Å². The van der Waals surface area contributed by atoms with E-state index in [1.165, 1.54) is 38.8 Å². The zero-order valence-electron chi connectivity index (χ0n) is 11.5. The maximum absolute atomic E-state index is 5.70. The second kappa shape index (κ2) is 7.42. The number of hydrogen-bond donors (Lipinski definition) is 0. The fraction of sp³-hybridized carbons (Fsp3) is 0.625. The van der Waals surface area contributed by atoms with Gasteiger partial charge in [-0.25, -0.2) is 0 Å². The van der Waals surface area contributed by atoms with E-state index in [2.05, 4.69) is 11.8 Å². The summed E-state index contributed by atoms with van der Waals surface area (Å²) >= 11 is 0. The van der Waals surface area contributed by atoms with Gasteiger partial charge >= 0.3 is 0 Å². The first-order valence-electron chi connectivity index (χ1n) is 7.28. The van der Waals surface area contributed by atoms with Crippen molar-refractivity contribution in [1.82, 2.24) is 4.90 Å². The number of rotatable bonds is 6. The predicted octanol–water partition coefficient (Wildman–Crippen LogP) is 3.72. The van der Waals surface area contributed by atoms with Gasteiger partial charge in [-0.15, -0.1) is 0 Å². The van der Waals surface area contributed by atoms with Crippen molar-refractivity contribution in [3.8, 4) is 5.75 Å². The largest absolute Gasteiger partial charge is 0.494 e. The third kappa shape index (κ3) is 4.34. The SMILES string of the molecule is C[C@@H]1CCCCN1CCCCOc1ccccc1. The van der Waals surface area contributed by atoms with E-state index in [1.807, 2.05) is 30.3 Å². The van der Waals surface area contributed by atoms with Crippen LogP contribution >= 0.6 is 0 Å². The Hall–Kier alpha value is -1.02. The quantitative estimate of drug-likeness (QED) is 0.710. The van der Waals surface area contributed by atoms with Crippen molar-refractivity contribution in [3.05, 3.63) is 30.3 Å². The molecule has 0 radical (unpaired) electrons. The molecule has 0 aromatic heterocycles. The van der Waals surface area contributed by atoms with Crippen molar-refractivity contribution in [2.24, 2.45) is 0 Å². The van der Waals surface area contributed by atoms with Gasteiger partial charge in [0.1, 0.15) is 5.75 Å². The minimum Gasteiger partial charge on any atom is -0.494 e. The van der Waals surface area contributed by atoms with E-state index < -0.39 is 0 Å². The van der Waals surface area contributed by atoms with E-state index in [0.29, 0.717) is 0 Å². The maximum atomic E-state index is 5.70. The molecule has 1 aromatic carbocycles. The first-order valence-corrected chi connectivity index (χ1v) is 7.28. The molecule has 0 saturated carbocycles. The van der Waals surface area contributed by atoms with E-state index >= 15 is 0 Å². The second-order valence-electron chi connectivity index (χ2n) is 5.25. The van der Waals surface area contributed by atoms with Gasteiger partial charge in [-0.2, -0.15) is 0 Å². The average Bonchev–Trinajstić information content (AvgIpc) is 2.42. The van der Waals surface area contributed by atoms with Crippen molar-refractivity contribution in [1.29, 1.82) is 0 Å². The molecule has 1 aliphatic heterocycles. The van der Waals surface area contributed by atoms with Gasteiger partial charge in [-0.3, -0.25) is 0 Å². The molecule has 0 aliphatic carbocycles. The second-order valence-corrected chi connectivity index (χ2v) is 5.25. The first kappa shape index (κ1) is 13.4. The lowest BCUT2D eigenvalue weighted by molar-refractivity contribution is 0.154. The highest BCUT2D eigenvalue weighted by Crippen LogP contribution is 2.16. The third-order valence-electron chi connectivity index (χ3n) is 3.79. The molecule has 1 heterocycles. The van der Waals surface area contributed by atoms with Crippen LogP contribution in [-0.4, -0.2) is 30.6 Å². The summed E-state index contributed by atoms with van der Waals surface area (Å²) in [4.78, 5) is 2.63. The van der Waals surface area contributed by atoms with E-state index in [1.54, 1.807) is 0 Å². The van der Waals surface area contributed by atoms with Gasteiger partial charge in [0.25, 0.3) is 0 Å². The molecule has 0 spiro atoms. The van der Waals surface area contributed by atoms with Crippen LogP contribution in [0.5, 0.6) is 5.75 Å². The molecule has 0 unspecified atom stereocenters. The number of para-hydroxylation sites is 1. The Balaban J connectivity index is 1.56. The molecule has 1 fully saturated rings. The highest BCUT2D eigenvalue weighted by Gasteiger charge is 2.16. The summed E-state index contributed by atoms with van der Waals surface area (Å²) in [7, 11) is 0. The Morgan fingerprint density at radius 3 is 2.78 bits per heavy atom. The zero-order chi connectivity index (χ0) is 12.6. The normalized spacial score (nSPS) is 20.8. The number of benzene rings is 1. The fourth-order valence-corrected chi connectivity index (χ4v) is 2.61. The summed E-state index contributed by atoms with van der Waals surface area (Å²) in [5.41, 5.74) is 0. The average molecular weight is 247 g/mol. The molecule has 2 rings (SSSR count). The van der Waals surface area contributed by atoms with Crippen LogP contribution in [0.25, 0.3) is 0 Å². The van der Waals surface area contributed by atoms with Crippen LogP contribution < -0.4 is 4.74 Å². The number of ether oxygens (including phenoxy) is 1. The molecule has 0 amide bonds. The predicted molar refractivity (Wildman–Crippen MR) is 76.1 cm³/mol. The Morgan fingerprint density at radius 2 is 2.00 bits per heavy atom. The van der Waals surface area contributed by atoms with Crippen molar-refractivity contribution >= 4 is 0 Å². The molecule has 100 valence electrons. The smallest absolute Gasteiger partial charge is 0.119 e. The Kier molecular flexibility index (Phi) is 5.53. The maximum Gasteiger partial charge on any atom is 0.119 e. The fourth-order valence-electron chi connectivity index (χ4n) is 2.61. The number of piperidine rings is 1. The minimum absolute atomic E-state index is 0.786. The first-order chi connectivity index (χ1) is 8.86. The molecule has 2 heteroatoms. The van der Waals surface area contributed by atoms with E-state index in [0.717, 1.165) is 24.8 Å². The van der Waals surface area contributed by atoms with Crippen LogP contribution in [-0.2, 0) is 0 Å². The summed E-state index contributed by atoms with van der Waals surface area (Å²) < 4.78 is 5.70. The molecule has 0 bridgehead atoms. The summed E-state index contributed by atoms with van der Waals surface area (Å²) in [5, 5.41) is 0. The molecular weight excluding hydrogens is 222 g/mol. The zero-order valence-corrected chi connectivity index (χ0v) is 11.5. The monoisotopic (exact) mass is 247 g/mol. The molecule has 18 heavy (non-hydrogen) atoms. The third-order valence-corrected chi connectivity index (χ3v) is 3.79. The van der Waals surface area contributed by atoms with Crippen molar-refractivity contribution in [2.75, 3.05) is 19.7 Å². The van der Waals surface area contributed by atoms with Crippen molar-refractivity contribution < 1.29 is 4.74 Å². The topological polar surface area (TPSA) is 12.5 Å². The van der Waals surface area contributed by atoms with Crippen LogP contribution in [0, 0.1) is 0 Å². The minimum atomic E-state index is 0.786. The Bertz CT molecular complexity index is 325. The highest BCUT2D eigenvalue weighted by molar-refractivity contribution is 5.20. The van der Waals surface area contributed by atoms with E-state index in [-0.39, 0.29) is 0 Å². The molecule has 0 N–H and O–H groups in total. The van der Waals surface area contributed by atoms with Crippen molar-refractivity contribution in [3.63, 3.8) is 0 Å². The summed E-state index contributed by atoms with van der Waals surface area (Å²) in [6, 6.07) is 10.9. The van der Waals surface area contributed by atoms with Gasteiger partial charge in [0.2, 0.25) is 0 Å². The number of likely N-dealkylation sites (tertiary alicyclic amines) is 1. The van der Waals surface area contributed by atoms with Gasteiger partial charge in [0.05, 0.1) is 6.61 Å². The molecule has 1 aromatic rings. The Morgan fingerprint density at radius 1 is 1.17 bits per heavy atom. The van der Waals surface area contributed by atoms with Crippen LogP contribution in [0.1, 0.15) is 39.0 Å². The van der Waals surface area contributed by atoms with Crippen LogP contribution in [0.4, 0.5) is 0 Å². The molecule has 1 atom stereocenters. The van der Waals surface area contributed by atoms with Gasteiger partial charge in [-0.1, -0.05) is 24.6 Å². The lowest BCUT2D eigenvalue weighted by Gasteiger charge is -2.33. The Labute approximate surface area is 111 Å². The van der Waals surface area contributed by atoms with Gasteiger partial charge < -0.3 is 9.64 Å². The van der Waals surface area contributed by atoms with Gasteiger partial charge in [-0.05, 0) is 57.8 Å². The standard InChI is InChI=1S/C16H25NO/c1-15-9-5-6-12-17(15)13-7-8-14-18-16-10-3-2-4-11-16/h2-4,10-11,15H,5-9,12-14H2,1H3/t15-/m1/s1. The number of nitrogens with zero attached hydrogens (tertiary/aromatic N) is 1. The highest BCUT2D eigenvalue weighted by atomic mass is 16.5. The number of hydrogen-bond acceptors (Lipinski definition) is 2. The molecule has 1 aliphatic rings. The van der Waals surface area contributed by atoms with Crippen molar-refractivity contribution in [2.45, 2.75) is 45.1 Å². The lowest BCUT2D eigenvalue weighted by Crippen LogP contribution is -2.38. The lowest BCUT2D eigenvalue weighted by atomic mass is 10.0. The van der Waals surface area contributed by atoms with Crippen LogP contribution in [0.3, 0.4) is 0 Å². The number of unbranched alkanes of at least 4 members (excludes halogenated alkanes) is 1. The molecule has 1 saturated heterocycles. The summed E-state index contributed by atoms with van der Waals surface area (Å²) in [5.74, 6) is 0.990. The van der Waals surface area contributed by atoms with Crippen LogP contribution in [0.15, 0.2) is 30.3 Å². The molecule has 2 nitrogen and oxygen atoms in total. The van der Waals surface area contributed by atoms with Gasteiger partial charge in [0, 0.05) is 6.04 Å². The summed E-state index contributed by atoms with van der Waals surface area (Å²) in [6.07, 6.45) is 6.56. The van der Waals surface area contributed by atoms with E-state index in [9.17, 15) is 0 Å². The molecular formula is C16H25NO. The summed E-state index contributed by atoms with van der Waals surface area (Å²) in [6.45, 7) is 5.73. The van der Waals surface area contributed by atoms with Gasteiger partial charge in [0.15, 0.2) is 0 Å².